The highest BCUT2D eigenvalue weighted by atomic mass is 15.2. The zero-order chi connectivity index (χ0) is 14.4. The summed E-state index contributed by atoms with van der Waals surface area (Å²) in [4.78, 5) is 2.31. The molecule has 20 heavy (non-hydrogen) atoms. The van der Waals surface area contributed by atoms with Crippen LogP contribution in [0.25, 0.3) is 0 Å². The third-order valence-electron chi connectivity index (χ3n) is 4.04. The standard InChI is InChI=1S/C17H19N3/c1-2-15-13-20(12-14-7-4-3-5-8-14)17(9-6-10-18)16(15)11-19/h3-9,15-17H,2,12-13H2,1H3/b9-6-/t15-,16-,17-/m0/s1. The summed E-state index contributed by atoms with van der Waals surface area (Å²) in [5, 5.41) is 18.2. The number of likely N-dealkylation sites (tertiary alicyclic amines) is 1. The molecule has 0 saturated carbocycles. The van der Waals surface area contributed by atoms with E-state index in [2.05, 4.69) is 30.0 Å². The van der Waals surface area contributed by atoms with Crippen molar-refractivity contribution in [1.29, 1.82) is 10.5 Å². The summed E-state index contributed by atoms with van der Waals surface area (Å²) in [6, 6.07) is 14.8. The van der Waals surface area contributed by atoms with E-state index < -0.39 is 0 Å². The normalized spacial score (nSPS) is 26.4. The summed E-state index contributed by atoms with van der Waals surface area (Å²) < 4.78 is 0. The Kier molecular flexibility index (Phi) is 4.93. The first kappa shape index (κ1) is 14.3. The van der Waals surface area contributed by atoms with Gasteiger partial charge in [0.1, 0.15) is 0 Å². The lowest BCUT2D eigenvalue weighted by atomic mass is 9.90. The fourth-order valence-corrected chi connectivity index (χ4v) is 2.98. The molecule has 3 heteroatoms. The average molecular weight is 265 g/mol. The second-order valence-corrected chi connectivity index (χ2v) is 5.22. The lowest BCUT2D eigenvalue weighted by molar-refractivity contribution is 0.268. The number of rotatable bonds is 4. The predicted molar refractivity (Wildman–Crippen MR) is 78.3 cm³/mol. The van der Waals surface area contributed by atoms with E-state index >= 15 is 0 Å². The Labute approximate surface area is 120 Å². The number of allylic oxidation sites excluding steroid dienone is 1. The molecule has 0 spiro atoms. The van der Waals surface area contributed by atoms with Crippen LogP contribution >= 0.6 is 0 Å². The summed E-state index contributed by atoms with van der Waals surface area (Å²) in [5.74, 6) is 0.366. The first-order chi connectivity index (χ1) is 9.80. The van der Waals surface area contributed by atoms with Crippen LogP contribution < -0.4 is 0 Å². The van der Waals surface area contributed by atoms with Gasteiger partial charge in [-0.05, 0) is 11.5 Å². The number of hydrogen-bond acceptors (Lipinski definition) is 3. The molecule has 1 fully saturated rings. The van der Waals surface area contributed by atoms with Gasteiger partial charge in [-0.25, -0.2) is 0 Å². The van der Waals surface area contributed by atoms with E-state index in [9.17, 15) is 5.26 Å². The van der Waals surface area contributed by atoms with E-state index in [1.807, 2.05) is 30.3 Å². The maximum absolute atomic E-state index is 9.43. The molecule has 0 radical (unpaired) electrons. The van der Waals surface area contributed by atoms with Gasteiger partial charge >= 0.3 is 0 Å². The third-order valence-corrected chi connectivity index (χ3v) is 4.04. The molecule has 1 heterocycles. The smallest absolute Gasteiger partial charge is 0.0909 e. The van der Waals surface area contributed by atoms with Crippen molar-refractivity contribution in [2.24, 2.45) is 11.8 Å². The molecule has 1 saturated heterocycles. The van der Waals surface area contributed by atoms with Crippen LogP contribution in [0.5, 0.6) is 0 Å². The van der Waals surface area contributed by atoms with Gasteiger partial charge in [0.25, 0.3) is 0 Å². The van der Waals surface area contributed by atoms with Gasteiger partial charge in [0, 0.05) is 25.2 Å². The highest BCUT2D eigenvalue weighted by Gasteiger charge is 2.39. The van der Waals surface area contributed by atoms with E-state index in [1.165, 1.54) is 11.6 Å². The summed E-state index contributed by atoms with van der Waals surface area (Å²) in [7, 11) is 0. The van der Waals surface area contributed by atoms with Crippen molar-refractivity contribution >= 4 is 0 Å². The quantitative estimate of drug-likeness (QED) is 0.786. The molecule has 102 valence electrons. The van der Waals surface area contributed by atoms with Crippen LogP contribution in [0.1, 0.15) is 18.9 Å². The van der Waals surface area contributed by atoms with Crippen LogP contribution in [0.15, 0.2) is 42.5 Å². The number of nitrogens with zero attached hydrogens (tertiary/aromatic N) is 3. The van der Waals surface area contributed by atoms with Crippen molar-refractivity contribution in [3.63, 3.8) is 0 Å². The SMILES string of the molecule is CC[C@H]1CN(Cc2ccccc2)[C@@H](/C=C\C#N)[C@H]1C#N. The molecule has 0 bridgehead atoms. The van der Waals surface area contributed by atoms with Gasteiger partial charge in [0.15, 0.2) is 0 Å². The van der Waals surface area contributed by atoms with E-state index in [-0.39, 0.29) is 12.0 Å². The van der Waals surface area contributed by atoms with Crippen LogP contribution in [-0.2, 0) is 6.54 Å². The van der Waals surface area contributed by atoms with Gasteiger partial charge < -0.3 is 0 Å². The highest BCUT2D eigenvalue weighted by molar-refractivity contribution is 5.19. The summed E-state index contributed by atoms with van der Waals surface area (Å²) in [6.45, 7) is 3.88. The summed E-state index contributed by atoms with van der Waals surface area (Å²) >= 11 is 0. The molecular formula is C17H19N3. The molecule has 0 amide bonds. The molecule has 0 unspecified atom stereocenters. The van der Waals surface area contributed by atoms with Crippen molar-refractivity contribution in [2.75, 3.05) is 6.54 Å². The summed E-state index contributed by atoms with van der Waals surface area (Å²) in [5.41, 5.74) is 1.25. The zero-order valence-corrected chi connectivity index (χ0v) is 11.7. The Hall–Kier alpha value is -2.10. The highest BCUT2D eigenvalue weighted by Crippen LogP contribution is 2.33. The van der Waals surface area contributed by atoms with E-state index in [4.69, 9.17) is 5.26 Å². The van der Waals surface area contributed by atoms with Crippen LogP contribution in [-0.4, -0.2) is 17.5 Å². The van der Waals surface area contributed by atoms with Crippen LogP contribution in [0.3, 0.4) is 0 Å². The van der Waals surface area contributed by atoms with Gasteiger partial charge in [-0.3, -0.25) is 4.90 Å². The van der Waals surface area contributed by atoms with Crippen molar-refractivity contribution < 1.29 is 0 Å². The Balaban J connectivity index is 2.19. The second kappa shape index (κ2) is 6.89. The minimum Gasteiger partial charge on any atom is -0.291 e. The minimum atomic E-state index is -0.0201. The third kappa shape index (κ3) is 3.07. The van der Waals surface area contributed by atoms with E-state index in [0.717, 1.165) is 19.5 Å². The fourth-order valence-electron chi connectivity index (χ4n) is 2.98. The molecule has 0 aromatic heterocycles. The molecule has 3 nitrogen and oxygen atoms in total. The van der Waals surface area contributed by atoms with Gasteiger partial charge in [-0.2, -0.15) is 10.5 Å². The lowest BCUT2D eigenvalue weighted by Gasteiger charge is -2.22. The van der Waals surface area contributed by atoms with Crippen LogP contribution in [0.4, 0.5) is 0 Å². The van der Waals surface area contributed by atoms with Gasteiger partial charge in [0.2, 0.25) is 0 Å². The van der Waals surface area contributed by atoms with Gasteiger partial charge in [-0.15, -0.1) is 0 Å². The molecule has 0 aliphatic carbocycles. The maximum Gasteiger partial charge on any atom is 0.0909 e. The number of hydrogen-bond donors (Lipinski definition) is 0. The molecule has 2 rings (SSSR count). The molecule has 1 aromatic rings. The Morgan fingerprint density at radius 2 is 2.05 bits per heavy atom. The molecule has 0 N–H and O–H groups in total. The topological polar surface area (TPSA) is 50.8 Å². The van der Waals surface area contributed by atoms with E-state index in [0.29, 0.717) is 5.92 Å². The Morgan fingerprint density at radius 1 is 1.30 bits per heavy atom. The molecule has 3 atom stereocenters. The van der Waals surface area contributed by atoms with Crippen molar-refractivity contribution in [3.05, 3.63) is 48.0 Å². The zero-order valence-electron chi connectivity index (χ0n) is 11.7. The van der Waals surface area contributed by atoms with Crippen molar-refractivity contribution in [3.8, 4) is 12.1 Å². The Bertz CT molecular complexity index is 536. The minimum absolute atomic E-state index is 0.0201. The maximum atomic E-state index is 9.43. The van der Waals surface area contributed by atoms with Gasteiger partial charge in [0.05, 0.1) is 18.1 Å². The first-order valence-corrected chi connectivity index (χ1v) is 7.04. The average Bonchev–Trinajstić information content (AvgIpc) is 2.82. The molecule has 1 aromatic carbocycles. The Morgan fingerprint density at radius 3 is 2.65 bits per heavy atom. The number of benzene rings is 1. The monoisotopic (exact) mass is 265 g/mol. The first-order valence-electron chi connectivity index (χ1n) is 7.04. The predicted octanol–water partition coefficient (Wildman–Crippen LogP) is 3.12. The molecular weight excluding hydrogens is 246 g/mol. The van der Waals surface area contributed by atoms with Crippen LogP contribution in [0, 0.1) is 34.5 Å². The number of nitriles is 2. The lowest BCUT2D eigenvalue weighted by Crippen LogP contribution is -2.30. The largest absolute Gasteiger partial charge is 0.291 e. The molecule has 1 aliphatic heterocycles. The van der Waals surface area contributed by atoms with Gasteiger partial charge in [-0.1, -0.05) is 49.8 Å². The second-order valence-electron chi connectivity index (χ2n) is 5.22. The van der Waals surface area contributed by atoms with E-state index in [1.54, 1.807) is 0 Å². The summed E-state index contributed by atoms with van der Waals surface area (Å²) in [6.07, 6.45) is 4.39. The fraction of sp³-hybridized carbons (Fsp3) is 0.412. The van der Waals surface area contributed by atoms with Crippen LogP contribution in [0.2, 0.25) is 0 Å². The molecule has 1 aliphatic rings. The van der Waals surface area contributed by atoms with Crippen molar-refractivity contribution in [1.82, 2.24) is 4.90 Å². The van der Waals surface area contributed by atoms with Crippen molar-refractivity contribution in [2.45, 2.75) is 25.9 Å².